The fourth-order valence-electron chi connectivity index (χ4n) is 3.66. The normalized spacial score (nSPS) is 18.0. The van der Waals surface area contributed by atoms with Gasteiger partial charge in [0.15, 0.2) is 5.69 Å². The summed E-state index contributed by atoms with van der Waals surface area (Å²) in [7, 11) is 0. The van der Waals surface area contributed by atoms with E-state index in [1.165, 1.54) is 12.1 Å². The smallest absolute Gasteiger partial charge is 0.274 e. The zero-order valence-electron chi connectivity index (χ0n) is 15.9. The lowest BCUT2D eigenvalue weighted by molar-refractivity contribution is -0.133. The van der Waals surface area contributed by atoms with E-state index in [-0.39, 0.29) is 23.3 Å². The quantitative estimate of drug-likeness (QED) is 0.857. The van der Waals surface area contributed by atoms with E-state index in [4.69, 9.17) is 0 Å². The number of aromatic nitrogens is 3. The van der Waals surface area contributed by atoms with Crippen molar-refractivity contribution >= 4 is 11.8 Å². The molecule has 2 aliphatic rings. The molecule has 1 aromatic carbocycles. The highest BCUT2D eigenvalue weighted by atomic mass is 19.1. The molecule has 1 saturated carbocycles. The number of hydrogen-bond donors (Lipinski definition) is 1. The maximum absolute atomic E-state index is 13.2. The summed E-state index contributed by atoms with van der Waals surface area (Å²) in [5.41, 5.74) is 1.62. The Hall–Kier alpha value is -2.77. The van der Waals surface area contributed by atoms with Crippen LogP contribution >= 0.6 is 0 Å². The number of carbonyl (C=O) groups is 2. The Labute approximate surface area is 162 Å². The van der Waals surface area contributed by atoms with Crippen LogP contribution < -0.4 is 5.32 Å². The first-order valence-electron chi connectivity index (χ1n) is 9.86. The summed E-state index contributed by atoms with van der Waals surface area (Å²) in [6.45, 7) is 3.19. The second kappa shape index (κ2) is 7.69. The number of hydrogen-bond acceptors (Lipinski definition) is 4. The van der Waals surface area contributed by atoms with Crippen LogP contribution in [-0.2, 0) is 4.79 Å². The largest absolute Gasteiger partial charge is 0.341 e. The number of halogens is 1. The molecule has 1 atom stereocenters. The van der Waals surface area contributed by atoms with E-state index in [1.807, 2.05) is 4.90 Å². The first kappa shape index (κ1) is 18.6. The first-order valence-corrected chi connectivity index (χ1v) is 9.86. The van der Waals surface area contributed by atoms with E-state index in [2.05, 4.69) is 15.6 Å². The van der Waals surface area contributed by atoms with Crippen LogP contribution in [0, 0.1) is 5.82 Å². The Morgan fingerprint density at radius 3 is 2.46 bits per heavy atom. The third-order valence-electron chi connectivity index (χ3n) is 5.34. The summed E-state index contributed by atoms with van der Waals surface area (Å²) in [6, 6.07) is 5.31. The summed E-state index contributed by atoms with van der Waals surface area (Å²) < 4.78 is 14.8. The molecule has 1 N–H and O–H groups in total. The summed E-state index contributed by atoms with van der Waals surface area (Å²) in [6.07, 6.45) is 5.06. The van der Waals surface area contributed by atoms with Gasteiger partial charge in [0.05, 0.1) is 11.4 Å². The number of rotatable bonds is 5. The van der Waals surface area contributed by atoms with Crippen LogP contribution in [0.4, 0.5) is 4.39 Å². The molecular weight excluding hydrogens is 361 g/mol. The lowest BCUT2D eigenvalue weighted by atomic mass is 10.1. The second-order valence-electron chi connectivity index (χ2n) is 7.57. The van der Waals surface area contributed by atoms with Gasteiger partial charge in [-0.05, 0) is 63.3 Å². The molecule has 2 heterocycles. The average Bonchev–Trinajstić information content (AvgIpc) is 3.46. The molecule has 4 rings (SSSR count). The third-order valence-corrected chi connectivity index (χ3v) is 5.34. The van der Waals surface area contributed by atoms with E-state index in [9.17, 15) is 14.0 Å². The van der Waals surface area contributed by atoms with E-state index in [0.717, 1.165) is 50.9 Å². The molecule has 1 aliphatic carbocycles. The minimum absolute atomic E-state index is 0.0630. The molecule has 2 fully saturated rings. The lowest BCUT2D eigenvalue weighted by Gasteiger charge is -2.29. The topological polar surface area (TPSA) is 80.1 Å². The van der Waals surface area contributed by atoms with Gasteiger partial charge in [-0.15, -0.1) is 5.10 Å². The Morgan fingerprint density at radius 1 is 1.14 bits per heavy atom. The van der Waals surface area contributed by atoms with Crippen molar-refractivity contribution in [2.75, 3.05) is 13.1 Å². The number of carbonyl (C=O) groups excluding carboxylic acids is 2. The highest BCUT2D eigenvalue weighted by Gasteiger charge is 2.35. The predicted molar refractivity (Wildman–Crippen MR) is 101 cm³/mol. The molecule has 1 aromatic heterocycles. The van der Waals surface area contributed by atoms with Crippen molar-refractivity contribution in [3.8, 4) is 5.69 Å². The molecule has 0 unspecified atom stereocenters. The van der Waals surface area contributed by atoms with Crippen LogP contribution in [0.5, 0.6) is 0 Å². The average molecular weight is 385 g/mol. The summed E-state index contributed by atoms with van der Waals surface area (Å²) >= 11 is 0. The highest BCUT2D eigenvalue weighted by Crippen LogP contribution is 2.42. The number of likely N-dealkylation sites (tertiary alicyclic amines) is 1. The minimum Gasteiger partial charge on any atom is -0.341 e. The van der Waals surface area contributed by atoms with Gasteiger partial charge >= 0.3 is 0 Å². The Balaban J connectivity index is 1.52. The van der Waals surface area contributed by atoms with Gasteiger partial charge in [0.25, 0.3) is 5.91 Å². The fraction of sp³-hybridized carbons (Fsp3) is 0.500. The summed E-state index contributed by atoms with van der Waals surface area (Å²) in [4.78, 5) is 27.2. The third kappa shape index (κ3) is 3.76. The van der Waals surface area contributed by atoms with Crippen LogP contribution in [0.15, 0.2) is 24.3 Å². The molecule has 2 aromatic rings. The van der Waals surface area contributed by atoms with Crippen molar-refractivity contribution in [3.05, 3.63) is 41.5 Å². The van der Waals surface area contributed by atoms with Gasteiger partial charge in [0, 0.05) is 19.0 Å². The Morgan fingerprint density at radius 2 is 1.82 bits per heavy atom. The standard InChI is InChI=1S/C20H24FN5O2/c1-13(20(28)25-11-3-2-4-12-25)22-19(27)17-18(14-5-6-14)26(24-23-17)16-9-7-15(21)8-10-16/h7-10,13-14H,2-6,11-12H2,1H3,(H,22,27)/t13-/m0/s1. The van der Waals surface area contributed by atoms with Crippen molar-refractivity contribution in [1.29, 1.82) is 0 Å². The van der Waals surface area contributed by atoms with E-state index >= 15 is 0 Å². The van der Waals surface area contributed by atoms with Crippen molar-refractivity contribution in [2.24, 2.45) is 0 Å². The van der Waals surface area contributed by atoms with Crippen LogP contribution in [0.3, 0.4) is 0 Å². The molecule has 0 spiro atoms. The molecule has 28 heavy (non-hydrogen) atoms. The number of nitrogens with zero attached hydrogens (tertiary/aromatic N) is 4. The van der Waals surface area contributed by atoms with E-state index in [1.54, 1.807) is 23.7 Å². The number of nitrogens with one attached hydrogen (secondary N) is 1. The molecule has 0 radical (unpaired) electrons. The zero-order chi connectivity index (χ0) is 19.7. The monoisotopic (exact) mass is 385 g/mol. The summed E-state index contributed by atoms with van der Waals surface area (Å²) in [5, 5.41) is 11.0. The van der Waals surface area contributed by atoms with Crippen LogP contribution in [0.2, 0.25) is 0 Å². The van der Waals surface area contributed by atoms with Gasteiger partial charge in [0.1, 0.15) is 11.9 Å². The molecule has 1 aliphatic heterocycles. The van der Waals surface area contributed by atoms with Gasteiger partial charge in [-0.25, -0.2) is 9.07 Å². The van der Waals surface area contributed by atoms with E-state index < -0.39 is 11.9 Å². The Kier molecular flexibility index (Phi) is 5.11. The lowest BCUT2D eigenvalue weighted by Crippen LogP contribution is -2.48. The van der Waals surface area contributed by atoms with Gasteiger partial charge in [-0.2, -0.15) is 0 Å². The van der Waals surface area contributed by atoms with Gasteiger partial charge in [0.2, 0.25) is 5.91 Å². The highest BCUT2D eigenvalue weighted by molar-refractivity contribution is 5.97. The maximum Gasteiger partial charge on any atom is 0.274 e. The van der Waals surface area contributed by atoms with Gasteiger partial charge in [-0.1, -0.05) is 5.21 Å². The molecule has 7 nitrogen and oxygen atoms in total. The van der Waals surface area contributed by atoms with Crippen molar-refractivity contribution in [3.63, 3.8) is 0 Å². The first-order chi connectivity index (χ1) is 13.5. The number of piperidine rings is 1. The van der Waals surface area contributed by atoms with Crippen LogP contribution in [0.25, 0.3) is 5.69 Å². The van der Waals surface area contributed by atoms with E-state index in [0.29, 0.717) is 5.69 Å². The van der Waals surface area contributed by atoms with Gasteiger partial charge in [-0.3, -0.25) is 9.59 Å². The molecule has 148 valence electrons. The molecule has 2 amide bonds. The van der Waals surface area contributed by atoms with Gasteiger partial charge < -0.3 is 10.2 Å². The van der Waals surface area contributed by atoms with Crippen LogP contribution in [0.1, 0.15) is 61.1 Å². The SMILES string of the molecule is C[C@H](NC(=O)c1nnn(-c2ccc(F)cc2)c1C1CC1)C(=O)N1CCCCC1. The zero-order valence-corrected chi connectivity index (χ0v) is 15.9. The molecule has 0 bridgehead atoms. The Bertz CT molecular complexity index is 869. The number of amides is 2. The molecular formula is C20H24FN5O2. The van der Waals surface area contributed by atoms with Crippen molar-refractivity contribution < 1.29 is 14.0 Å². The van der Waals surface area contributed by atoms with Crippen LogP contribution in [-0.4, -0.2) is 50.8 Å². The summed E-state index contributed by atoms with van der Waals surface area (Å²) in [5.74, 6) is -0.589. The maximum atomic E-state index is 13.2. The molecule has 1 saturated heterocycles. The second-order valence-corrected chi connectivity index (χ2v) is 7.57. The number of benzene rings is 1. The predicted octanol–water partition coefficient (Wildman–Crippen LogP) is 2.41. The minimum atomic E-state index is -0.617. The van der Waals surface area contributed by atoms with Crippen molar-refractivity contribution in [1.82, 2.24) is 25.2 Å². The fourth-order valence-corrected chi connectivity index (χ4v) is 3.66. The van der Waals surface area contributed by atoms with Crippen molar-refractivity contribution in [2.45, 2.75) is 51.0 Å². The molecule has 8 heteroatoms.